The molecule has 0 fully saturated rings. The van der Waals surface area contributed by atoms with Gasteiger partial charge in [-0.25, -0.2) is 0 Å². The normalized spacial score (nSPS) is 11.8. The summed E-state index contributed by atoms with van der Waals surface area (Å²) in [6.45, 7) is 2.44. The summed E-state index contributed by atoms with van der Waals surface area (Å²) in [6.07, 6.45) is 0. The summed E-state index contributed by atoms with van der Waals surface area (Å²) in [5, 5.41) is 26.2. The summed E-state index contributed by atoms with van der Waals surface area (Å²) in [5.41, 5.74) is 2.26. The van der Waals surface area contributed by atoms with Gasteiger partial charge in [0.25, 0.3) is 0 Å². The Hall–Kier alpha value is -2.36. The zero-order valence-corrected chi connectivity index (χ0v) is 15.0. The van der Waals surface area contributed by atoms with Crippen LogP contribution >= 0.6 is 0 Å². The van der Waals surface area contributed by atoms with Gasteiger partial charge in [0.15, 0.2) is 0 Å². The number of benzene rings is 2. The summed E-state index contributed by atoms with van der Waals surface area (Å²) in [4.78, 5) is 1.36. The van der Waals surface area contributed by atoms with E-state index in [-0.39, 0.29) is 18.9 Å². The third-order valence-electron chi connectivity index (χ3n) is 3.69. The predicted octanol–water partition coefficient (Wildman–Crippen LogP) is 2.86. The average Bonchev–Trinajstić information content (AvgIpc) is 2.60. The molecule has 0 aromatic heterocycles. The molecule has 0 radical (unpaired) electrons. The fourth-order valence-corrected chi connectivity index (χ4v) is 2.78. The molecule has 0 bridgehead atoms. The van der Waals surface area contributed by atoms with Gasteiger partial charge in [-0.3, -0.25) is 0 Å². The third kappa shape index (κ3) is 5.32. The number of nitrogens with zero attached hydrogens (tertiary/aromatic N) is 3. The van der Waals surface area contributed by atoms with E-state index in [0.29, 0.717) is 24.3 Å². The lowest BCUT2D eigenvalue weighted by Gasteiger charge is -2.22. The minimum atomic E-state index is -4.80. The van der Waals surface area contributed by atoms with Crippen molar-refractivity contribution in [2.75, 3.05) is 31.2 Å². The largest absolute Gasteiger partial charge is 0.395 e. The Kier molecular flexibility index (Phi) is 6.78. The molecule has 0 atom stereocenters. The third-order valence-corrected chi connectivity index (χ3v) is 4.51. The SMILES string of the molecule is Cc1ccc(S(=O)(=O)F)cc1/N=N/c1ccc(N(CCO)CCO)cc1. The zero-order chi connectivity index (χ0) is 19.2. The summed E-state index contributed by atoms with van der Waals surface area (Å²) < 4.78 is 35.1. The summed E-state index contributed by atoms with van der Waals surface area (Å²) in [7, 11) is -4.80. The lowest BCUT2D eigenvalue weighted by Crippen LogP contribution is -2.29. The molecule has 7 nitrogen and oxygen atoms in total. The molecule has 2 N–H and O–H groups in total. The molecule has 0 amide bonds. The number of anilines is 1. The molecule has 0 unspecified atom stereocenters. The standard InChI is InChI=1S/C17H20FN3O4S/c1-13-2-7-16(26(18,24)25)12-17(13)20-19-14-3-5-15(6-4-14)21(8-10-22)9-11-23/h2-7,12,22-23H,8-11H2,1H3/b20-19+. The Bertz CT molecular complexity index is 864. The van der Waals surface area contributed by atoms with Crippen LogP contribution in [0.15, 0.2) is 57.6 Å². The maximum absolute atomic E-state index is 13.1. The fourth-order valence-electron chi connectivity index (χ4n) is 2.30. The highest BCUT2D eigenvalue weighted by atomic mass is 32.3. The van der Waals surface area contributed by atoms with Crippen LogP contribution in [0.1, 0.15) is 5.56 Å². The molecule has 2 aromatic rings. The van der Waals surface area contributed by atoms with Crippen molar-refractivity contribution in [1.82, 2.24) is 0 Å². The zero-order valence-electron chi connectivity index (χ0n) is 14.2. The second kappa shape index (κ2) is 8.84. The monoisotopic (exact) mass is 381 g/mol. The minimum absolute atomic E-state index is 0.0332. The van der Waals surface area contributed by atoms with Crippen LogP contribution < -0.4 is 4.90 Å². The molecule has 2 aromatic carbocycles. The Morgan fingerprint density at radius 3 is 2.15 bits per heavy atom. The number of halogens is 1. The number of aliphatic hydroxyl groups excluding tert-OH is 2. The molecule has 26 heavy (non-hydrogen) atoms. The van der Waals surface area contributed by atoms with Gasteiger partial charge in [0.05, 0.1) is 24.6 Å². The van der Waals surface area contributed by atoms with Gasteiger partial charge in [0.2, 0.25) is 0 Å². The van der Waals surface area contributed by atoms with E-state index in [1.54, 1.807) is 31.2 Å². The maximum Gasteiger partial charge on any atom is 0.332 e. The Morgan fingerprint density at radius 1 is 1.00 bits per heavy atom. The van der Waals surface area contributed by atoms with Crippen LogP contribution in [0.5, 0.6) is 0 Å². The van der Waals surface area contributed by atoms with E-state index >= 15 is 0 Å². The number of aliphatic hydroxyl groups is 2. The molecule has 0 spiro atoms. The number of hydrogen-bond acceptors (Lipinski definition) is 7. The highest BCUT2D eigenvalue weighted by molar-refractivity contribution is 7.86. The van der Waals surface area contributed by atoms with Gasteiger partial charge in [0, 0.05) is 18.8 Å². The lowest BCUT2D eigenvalue weighted by atomic mass is 10.2. The van der Waals surface area contributed by atoms with E-state index in [2.05, 4.69) is 10.2 Å². The number of rotatable bonds is 8. The van der Waals surface area contributed by atoms with E-state index in [4.69, 9.17) is 10.2 Å². The molecule has 0 saturated carbocycles. The first-order valence-electron chi connectivity index (χ1n) is 7.89. The maximum atomic E-state index is 13.1. The molecular formula is C17H20FN3O4S. The summed E-state index contributed by atoms with van der Waals surface area (Å²) in [6, 6.07) is 10.7. The molecule has 0 aliphatic heterocycles. The van der Waals surface area contributed by atoms with Crippen molar-refractivity contribution in [1.29, 1.82) is 0 Å². The van der Waals surface area contributed by atoms with Crippen molar-refractivity contribution in [3.63, 3.8) is 0 Å². The van der Waals surface area contributed by atoms with E-state index in [1.807, 2.05) is 4.90 Å². The van der Waals surface area contributed by atoms with Crippen LogP contribution in [0.4, 0.5) is 20.9 Å². The van der Waals surface area contributed by atoms with Crippen LogP contribution in [-0.2, 0) is 10.2 Å². The van der Waals surface area contributed by atoms with E-state index < -0.39 is 15.1 Å². The van der Waals surface area contributed by atoms with E-state index in [0.717, 1.165) is 11.8 Å². The Morgan fingerprint density at radius 2 is 1.62 bits per heavy atom. The van der Waals surface area contributed by atoms with Crippen molar-refractivity contribution in [3.8, 4) is 0 Å². The van der Waals surface area contributed by atoms with Crippen molar-refractivity contribution in [2.45, 2.75) is 11.8 Å². The van der Waals surface area contributed by atoms with Crippen LogP contribution in [0.25, 0.3) is 0 Å². The van der Waals surface area contributed by atoms with Crippen molar-refractivity contribution in [2.24, 2.45) is 10.2 Å². The van der Waals surface area contributed by atoms with Crippen LogP contribution in [0.2, 0.25) is 0 Å². The smallest absolute Gasteiger partial charge is 0.332 e. The summed E-state index contributed by atoms with van der Waals surface area (Å²) in [5.74, 6) is 0. The highest BCUT2D eigenvalue weighted by Gasteiger charge is 2.13. The van der Waals surface area contributed by atoms with Crippen molar-refractivity contribution < 1.29 is 22.5 Å². The molecular weight excluding hydrogens is 361 g/mol. The Balaban J connectivity index is 2.21. The first kappa shape index (κ1) is 20.0. The average molecular weight is 381 g/mol. The van der Waals surface area contributed by atoms with Crippen LogP contribution in [-0.4, -0.2) is 44.9 Å². The fraction of sp³-hybridized carbons (Fsp3) is 0.294. The molecule has 0 heterocycles. The molecule has 0 aliphatic rings. The molecule has 140 valence electrons. The first-order chi connectivity index (χ1) is 12.3. The van der Waals surface area contributed by atoms with Gasteiger partial charge in [-0.1, -0.05) is 6.07 Å². The number of aryl methyl sites for hydroxylation is 1. The topological polar surface area (TPSA) is 103 Å². The highest BCUT2D eigenvalue weighted by Crippen LogP contribution is 2.27. The quantitative estimate of drug-likeness (QED) is 0.541. The molecule has 0 aliphatic carbocycles. The van der Waals surface area contributed by atoms with Gasteiger partial charge >= 0.3 is 10.2 Å². The molecule has 2 rings (SSSR count). The van der Waals surface area contributed by atoms with Gasteiger partial charge < -0.3 is 15.1 Å². The van der Waals surface area contributed by atoms with Crippen LogP contribution in [0, 0.1) is 6.92 Å². The molecule has 0 saturated heterocycles. The van der Waals surface area contributed by atoms with Crippen molar-refractivity contribution >= 4 is 27.3 Å². The van der Waals surface area contributed by atoms with Gasteiger partial charge in [-0.05, 0) is 48.9 Å². The van der Waals surface area contributed by atoms with E-state index in [1.165, 1.54) is 12.1 Å². The second-order valence-corrected chi connectivity index (χ2v) is 6.88. The lowest BCUT2D eigenvalue weighted by molar-refractivity contribution is 0.281. The van der Waals surface area contributed by atoms with Gasteiger partial charge in [0.1, 0.15) is 4.90 Å². The van der Waals surface area contributed by atoms with Gasteiger partial charge in [-0.15, -0.1) is 3.89 Å². The van der Waals surface area contributed by atoms with E-state index in [9.17, 15) is 12.3 Å². The van der Waals surface area contributed by atoms with Crippen molar-refractivity contribution in [3.05, 3.63) is 48.0 Å². The molecule has 9 heteroatoms. The number of hydrogen-bond donors (Lipinski definition) is 2. The second-order valence-electron chi connectivity index (χ2n) is 5.54. The first-order valence-corrected chi connectivity index (χ1v) is 9.27. The summed E-state index contributed by atoms with van der Waals surface area (Å²) >= 11 is 0. The Labute approximate surface area is 151 Å². The minimum Gasteiger partial charge on any atom is -0.395 e. The van der Waals surface area contributed by atoms with Crippen LogP contribution in [0.3, 0.4) is 0 Å². The predicted molar refractivity (Wildman–Crippen MR) is 96.5 cm³/mol. The van der Waals surface area contributed by atoms with Gasteiger partial charge in [-0.2, -0.15) is 18.6 Å². The number of azo groups is 1.